The van der Waals surface area contributed by atoms with Crippen LogP contribution in [-0.2, 0) is 0 Å². The summed E-state index contributed by atoms with van der Waals surface area (Å²) in [5.41, 5.74) is 0. The number of nitrogens with one attached hydrogen (secondary N) is 1. The Morgan fingerprint density at radius 3 is 2.78 bits per heavy atom. The first-order valence-electron chi connectivity index (χ1n) is 6.77. The lowest BCUT2D eigenvalue weighted by molar-refractivity contribution is 0.0891. The molecular formula is C14H20N2O2. The van der Waals surface area contributed by atoms with Crippen molar-refractivity contribution in [2.75, 3.05) is 13.6 Å². The highest BCUT2D eigenvalue weighted by atomic mass is 16.3. The van der Waals surface area contributed by atoms with Crippen LogP contribution in [0, 0.1) is 5.92 Å². The van der Waals surface area contributed by atoms with E-state index in [0.29, 0.717) is 11.7 Å². The van der Waals surface area contributed by atoms with Crippen molar-refractivity contribution < 1.29 is 9.21 Å². The molecule has 2 bridgehead atoms. The molecule has 2 atom stereocenters. The molecule has 1 aromatic rings. The topological polar surface area (TPSA) is 45.5 Å². The lowest BCUT2D eigenvalue weighted by Crippen LogP contribution is -2.43. The zero-order chi connectivity index (χ0) is 12.5. The van der Waals surface area contributed by atoms with E-state index in [1.54, 1.807) is 12.1 Å². The molecule has 0 radical (unpaired) electrons. The van der Waals surface area contributed by atoms with Crippen LogP contribution in [0.4, 0.5) is 0 Å². The Bertz CT molecular complexity index is 401. The molecule has 3 heterocycles. The summed E-state index contributed by atoms with van der Waals surface area (Å²) in [7, 11) is 2.24. The van der Waals surface area contributed by atoms with Crippen molar-refractivity contribution in [2.45, 2.75) is 37.8 Å². The smallest absolute Gasteiger partial charge is 0.286 e. The molecule has 0 aromatic carbocycles. The summed E-state index contributed by atoms with van der Waals surface area (Å²) in [5, 5.41) is 2.99. The molecule has 0 spiro atoms. The minimum atomic E-state index is -0.0914. The fraction of sp³-hybridized carbons (Fsp3) is 0.643. The van der Waals surface area contributed by atoms with Gasteiger partial charge in [-0.25, -0.2) is 0 Å². The third-order valence-electron chi connectivity index (χ3n) is 4.49. The second-order valence-electron chi connectivity index (χ2n) is 5.58. The standard InChI is InChI=1S/C14H20N2O2/c1-16-11-4-5-12(16)8-10(7-11)9-15-14(17)13-3-2-6-18-13/h2-3,6,10-12H,4-5,7-9H2,1H3,(H,15,17). The van der Waals surface area contributed by atoms with E-state index in [1.807, 2.05) is 0 Å². The maximum atomic E-state index is 11.8. The van der Waals surface area contributed by atoms with Crippen LogP contribution in [0.3, 0.4) is 0 Å². The highest BCUT2D eigenvalue weighted by Gasteiger charge is 2.38. The zero-order valence-electron chi connectivity index (χ0n) is 10.8. The van der Waals surface area contributed by atoms with Crippen LogP contribution in [0.5, 0.6) is 0 Å². The summed E-state index contributed by atoms with van der Waals surface area (Å²) in [6, 6.07) is 4.90. The van der Waals surface area contributed by atoms with Gasteiger partial charge in [-0.1, -0.05) is 0 Å². The van der Waals surface area contributed by atoms with Crippen molar-refractivity contribution in [3.8, 4) is 0 Å². The van der Waals surface area contributed by atoms with Gasteiger partial charge in [0.15, 0.2) is 5.76 Å². The van der Waals surface area contributed by atoms with Crippen LogP contribution >= 0.6 is 0 Å². The van der Waals surface area contributed by atoms with Gasteiger partial charge in [0.25, 0.3) is 5.91 Å². The first-order chi connectivity index (χ1) is 8.74. The van der Waals surface area contributed by atoms with Gasteiger partial charge in [-0.05, 0) is 50.8 Å². The van der Waals surface area contributed by atoms with Gasteiger partial charge in [-0.15, -0.1) is 0 Å². The largest absolute Gasteiger partial charge is 0.459 e. The Morgan fingerprint density at radius 2 is 2.17 bits per heavy atom. The van der Waals surface area contributed by atoms with Crippen LogP contribution in [-0.4, -0.2) is 36.5 Å². The maximum absolute atomic E-state index is 11.8. The van der Waals surface area contributed by atoms with E-state index < -0.39 is 0 Å². The number of hydrogen-bond donors (Lipinski definition) is 1. The predicted octanol–water partition coefficient (Wildman–Crippen LogP) is 1.88. The first-order valence-corrected chi connectivity index (χ1v) is 6.77. The Labute approximate surface area is 107 Å². The third kappa shape index (κ3) is 2.17. The number of nitrogens with zero attached hydrogens (tertiary/aromatic N) is 1. The number of furan rings is 1. The molecule has 4 nitrogen and oxygen atoms in total. The summed E-state index contributed by atoms with van der Waals surface area (Å²) in [6.45, 7) is 0.778. The Morgan fingerprint density at radius 1 is 1.44 bits per heavy atom. The van der Waals surface area contributed by atoms with Crippen LogP contribution in [0.15, 0.2) is 22.8 Å². The number of rotatable bonds is 3. The van der Waals surface area contributed by atoms with Crippen molar-refractivity contribution in [3.05, 3.63) is 24.2 Å². The van der Waals surface area contributed by atoms with Gasteiger partial charge >= 0.3 is 0 Å². The van der Waals surface area contributed by atoms with Crippen LogP contribution in [0.25, 0.3) is 0 Å². The molecular weight excluding hydrogens is 228 g/mol. The van der Waals surface area contributed by atoms with Gasteiger partial charge < -0.3 is 14.6 Å². The van der Waals surface area contributed by atoms with Gasteiger partial charge in [-0.3, -0.25) is 4.79 Å². The van der Waals surface area contributed by atoms with Gasteiger partial charge in [-0.2, -0.15) is 0 Å². The molecule has 3 rings (SSSR count). The van der Waals surface area contributed by atoms with E-state index in [-0.39, 0.29) is 5.91 Å². The highest BCUT2D eigenvalue weighted by Crippen LogP contribution is 2.36. The van der Waals surface area contributed by atoms with E-state index >= 15 is 0 Å². The summed E-state index contributed by atoms with van der Waals surface area (Å²) in [6.07, 6.45) is 6.61. The van der Waals surface area contributed by atoms with Crippen LogP contribution < -0.4 is 5.32 Å². The second kappa shape index (κ2) is 4.76. The lowest BCUT2D eigenvalue weighted by Gasteiger charge is -2.36. The fourth-order valence-electron chi connectivity index (χ4n) is 3.42. The molecule has 2 fully saturated rings. The molecule has 2 aliphatic rings. The Balaban J connectivity index is 1.51. The van der Waals surface area contributed by atoms with E-state index in [1.165, 1.54) is 31.9 Å². The quantitative estimate of drug-likeness (QED) is 0.888. The third-order valence-corrected chi connectivity index (χ3v) is 4.49. The highest BCUT2D eigenvalue weighted by molar-refractivity contribution is 5.91. The number of carbonyl (C=O) groups is 1. The van der Waals surface area contributed by atoms with Crippen molar-refractivity contribution >= 4 is 5.91 Å². The van der Waals surface area contributed by atoms with E-state index in [4.69, 9.17) is 4.42 Å². The molecule has 1 aromatic heterocycles. The number of amides is 1. The number of carbonyl (C=O) groups excluding carboxylic acids is 1. The Kier molecular flexibility index (Phi) is 3.12. The molecule has 18 heavy (non-hydrogen) atoms. The summed E-state index contributed by atoms with van der Waals surface area (Å²) >= 11 is 0. The van der Waals surface area contributed by atoms with Crippen molar-refractivity contribution in [1.82, 2.24) is 10.2 Å². The van der Waals surface area contributed by atoms with E-state index in [9.17, 15) is 4.79 Å². The molecule has 2 unspecified atom stereocenters. The SMILES string of the molecule is CN1C2CCC1CC(CNC(=O)c1ccco1)C2. The number of hydrogen-bond acceptors (Lipinski definition) is 3. The monoisotopic (exact) mass is 248 g/mol. The number of piperidine rings is 1. The van der Waals surface area contributed by atoms with E-state index in [0.717, 1.165) is 18.6 Å². The Hall–Kier alpha value is -1.29. The molecule has 1 amide bonds. The van der Waals surface area contributed by atoms with Gasteiger partial charge in [0.2, 0.25) is 0 Å². The molecule has 0 aliphatic carbocycles. The summed E-state index contributed by atoms with van der Waals surface area (Å²) in [5.74, 6) is 0.940. The number of fused-ring (bicyclic) bond motifs is 2. The van der Waals surface area contributed by atoms with Crippen LogP contribution in [0.1, 0.15) is 36.2 Å². The maximum Gasteiger partial charge on any atom is 0.286 e. The zero-order valence-corrected chi connectivity index (χ0v) is 10.8. The average Bonchev–Trinajstić information content (AvgIpc) is 2.94. The minimum Gasteiger partial charge on any atom is -0.459 e. The van der Waals surface area contributed by atoms with Crippen LogP contribution in [0.2, 0.25) is 0 Å². The average molecular weight is 248 g/mol. The molecule has 2 saturated heterocycles. The molecule has 0 saturated carbocycles. The summed E-state index contributed by atoms with van der Waals surface area (Å²) in [4.78, 5) is 14.3. The normalized spacial score (nSPS) is 31.5. The minimum absolute atomic E-state index is 0.0914. The fourth-order valence-corrected chi connectivity index (χ4v) is 3.42. The lowest BCUT2D eigenvalue weighted by atomic mass is 9.91. The van der Waals surface area contributed by atoms with Crippen molar-refractivity contribution in [1.29, 1.82) is 0 Å². The first kappa shape index (κ1) is 11.8. The van der Waals surface area contributed by atoms with Gasteiger partial charge in [0.05, 0.1) is 6.26 Å². The predicted molar refractivity (Wildman–Crippen MR) is 68.3 cm³/mol. The second-order valence-corrected chi connectivity index (χ2v) is 5.58. The molecule has 2 aliphatic heterocycles. The van der Waals surface area contributed by atoms with Crippen molar-refractivity contribution in [3.63, 3.8) is 0 Å². The van der Waals surface area contributed by atoms with Gasteiger partial charge in [0, 0.05) is 18.6 Å². The van der Waals surface area contributed by atoms with Crippen molar-refractivity contribution in [2.24, 2.45) is 5.92 Å². The van der Waals surface area contributed by atoms with E-state index in [2.05, 4.69) is 17.3 Å². The molecule has 1 N–H and O–H groups in total. The molecule has 4 heteroatoms. The van der Waals surface area contributed by atoms with Gasteiger partial charge in [0.1, 0.15) is 0 Å². The summed E-state index contributed by atoms with van der Waals surface area (Å²) < 4.78 is 5.09. The molecule has 98 valence electrons.